The molecule has 5 heteroatoms. The lowest BCUT2D eigenvalue weighted by Gasteiger charge is -2.55. The first-order chi connectivity index (χ1) is 12.2. The van der Waals surface area contributed by atoms with Crippen molar-refractivity contribution in [3.05, 3.63) is 0 Å². The van der Waals surface area contributed by atoms with Crippen molar-refractivity contribution in [2.45, 2.75) is 69.0 Å². The number of rotatable bonds is 3. The predicted octanol–water partition coefficient (Wildman–Crippen LogP) is 0.506. The Bertz CT molecular complexity index is 461. The number of hydrogen-bond acceptors (Lipinski definition) is 4. The first-order valence-corrected chi connectivity index (χ1v) is 10.3. The van der Waals surface area contributed by atoms with Gasteiger partial charge in [-0.2, -0.15) is 0 Å². The Morgan fingerprint density at radius 3 is 2.28 bits per heavy atom. The van der Waals surface area contributed by atoms with Crippen molar-refractivity contribution in [1.29, 1.82) is 0 Å². The van der Waals surface area contributed by atoms with Crippen molar-refractivity contribution in [3.8, 4) is 0 Å². The van der Waals surface area contributed by atoms with Crippen LogP contribution in [0.5, 0.6) is 0 Å². The topological polar surface area (TPSA) is 52.4 Å². The first-order valence-electron chi connectivity index (χ1n) is 10.3. The van der Waals surface area contributed by atoms with Gasteiger partial charge >= 0.3 is 0 Å². The molecule has 0 aromatic rings. The van der Waals surface area contributed by atoms with Crippen molar-refractivity contribution in [2.24, 2.45) is 23.7 Å². The number of fused-ring (bicyclic) bond motifs is 4. The van der Waals surface area contributed by atoms with Crippen molar-refractivity contribution < 1.29 is 24.2 Å². The van der Waals surface area contributed by atoms with Gasteiger partial charge in [0.15, 0.2) is 0 Å². The van der Waals surface area contributed by atoms with Crippen LogP contribution in [0.1, 0.15) is 38.5 Å². The molecule has 10 unspecified atom stereocenters. The first kappa shape index (κ1) is 18.2. The fourth-order valence-corrected chi connectivity index (χ4v) is 6.87. The zero-order valence-electron chi connectivity index (χ0n) is 16.0. The van der Waals surface area contributed by atoms with E-state index in [1.165, 1.54) is 32.4 Å². The minimum atomic E-state index is -0.265. The Kier molecular flexibility index (Phi) is 5.40. The van der Waals surface area contributed by atoms with E-state index in [2.05, 4.69) is 0 Å². The molecule has 2 N–H and O–H groups in total. The zero-order chi connectivity index (χ0) is 17.6. The molecular weight excluding hydrogens is 318 g/mol. The number of aliphatic hydroxyl groups excluding tert-OH is 1. The van der Waals surface area contributed by atoms with Crippen molar-refractivity contribution >= 4 is 0 Å². The SMILES string of the molecule is COC1CC2C(CC[NH+]3CC4C(CCC(OC)C4OC)CC23)CC1O. The largest absolute Gasteiger partial charge is 0.390 e. The molecule has 0 radical (unpaired) electrons. The number of quaternary nitrogens is 1. The van der Waals surface area contributed by atoms with Gasteiger partial charge in [-0.15, -0.1) is 0 Å². The highest BCUT2D eigenvalue weighted by atomic mass is 16.5. The second kappa shape index (κ2) is 7.43. The van der Waals surface area contributed by atoms with Gasteiger partial charge in [0.05, 0.1) is 43.5 Å². The van der Waals surface area contributed by atoms with Gasteiger partial charge in [-0.05, 0) is 43.9 Å². The van der Waals surface area contributed by atoms with E-state index in [1.807, 2.05) is 14.2 Å². The van der Waals surface area contributed by atoms with Crippen LogP contribution in [-0.4, -0.2) is 70.0 Å². The maximum Gasteiger partial charge on any atom is 0.0917 e. The Balaban J connectivity index is 1.50. The van der Waals surface area contributed by atoms with Crippen LogP contribution in [0.3, 0.4) is 0 Å². The molecule has 2 saturated heterocycles. The molecule has 0 bridgehead atoms. The number of nitrogens with one attached hydrogen (secondary N) is 1. The summed E-state index contributed by atoms with van der Waals surface area (Å²) in [6, 6.07) is 0.752. The van der Waals surface area contributed by atoms with Gasteiger partial charge in [0.1, 0.15) is 0 Å². The maximum absolute atomic E-state index is 10.4. The molecule has 0 aromatic carbocycles. The van der Waals surface area contributed by atoms with Crippen LogP contribution in [0.2, 0.25) is 0 Å². The highest BCUT2D eigenvalue weighted by molar-refractivity contribution is 4.97. The van der Waals surface area contributed by atoms with Crippen LogP contribution < -0.4 is 4.90 Å². The van der Waals surface area contributed by atoms with E-state index >= 15 is 0 Å². The summed E-state index contributed by atoms with van der Waals surface area (Å²) in [6.45, 7) is 2.49. The smallest absolute Gasteiger partial charge is 0.0917 e. The third kappa shape index (κ3) is 3.16. The van der Waals surface area contributed by atoms with Crippen LogP contribution in [0.4, 0.5) is 0 Å². The summed E-state index contributed by atoms with van der Waals surface area (Å²) in [7, 11) is 5.45. The molecule has 144 valence electrons. The monoisotopic (exact) mass is 354 g/mol. The standard InChI is InChI=1S/C20H35NO4/c1-23-18-5-4-12-8-16-14-10-19(24-2)17(22)9-13(14)6-7-21(16)11-15(12)20(18)25-3/h12-20,22H,4-11H2,1-3H3/p+1. The average molecular weight is 355 g/mol. The summed E-state index contributed by atoms with van der Waals surface area (Å²) in [6.07, 6.45) is 7.27. The van der Waals surface area contributed by atoms with E-state index in [9.17, 15) is 5.11 Å². The van der Waals surface area contributed by atoms with Crippen molar-refractivity contribution in [2.75, 3.05) is 34.4 Å². The molecule has 2 aliphatic heterocycles. The summed E-state index contributed by atoms with van der Waals surface area (Å²) in [5, 5.41) is 10.4. The maximum atomic E-state index is 10.4. The minimum Gasteiger partial charge on any atom is -0.390 e. The van der Waals surface area contributed by atoms with Gasteiger partial charge in [0, 0.05) is 39.6 Å². The third-order valence-corrected chi connectivity index (χ3v) is 8.11. The molecule has 10 atom stereocenters. The summed E-state index contributed by atoms with van der Waals surface area (Å²) in [5.74, 6) is 2.83. The van der Waals surface area contributed by atoms with Crippen LogP contribution in [0.25, 0.3) is 0 Å². The molecule has 0 amide bonds. The second-order valence-corrected chi connectivity index (χ2v) is 8.96. The summed E-state index contributed by atoms with van der Waals surface area (Å²) < 4.78 is 17.2. The lowest BCUT2D eigenvalue weighted by Crippen LogP contribution is -3.20. The van der Waals surface area contributed by atoms with Crippen molar-refractivity contribution in [1.82, 2.24) is 0 Å². The van der Waals surface area contributed by atoms with E-state index in [-0.39, 0.29) is 24.4 Å². The molecule has 0 spiro atoms. The van der Waals surface area contributed by atoms with E-state index in [1.54, 1.807) is 12.0 Å². The number of methoxy groups -OCH3 is 3. The van der Waals surface area contributed by atoms with Crippen LogP contribution in [-0.2, 0) is 14.2 Å². The minimum absolute atomic E-state index is 0.0364. The van der Waals surface area contributed by atoms with E-state index < -0.39 is 0 Å². The van der Waals surface area contributed by atoms with E-state index in [0.717, 1.165) is 37.1 Å². The molecule has 25 heavy (non-hydrogen) atoms. The lowest BCUT2D eigenvalue weighted by atomic mass is 9.62. The van der Waals surface area contributed by atoms with Gasteiger partial charge in [0.25, 0.3) is 0 Å². The van der Waals surface area contributed by atoms with E-state index in [4.69, 9.17) is 14.2 Å². The van der Waals surface area contributed by atoms with Gasteiger partial charge in [-0.25, -0.2) is 0 Å². The van der Waals surface area contributed by atoms with Crippen LogP contribution >= 0.6 is 0 Å². The fraction of sp³-hybridized carbons (Fsp3) is 1.00. The number of aliphatic hydroxyl groups is 1. The molecule has 2 aliphatic carbocycles. The second-order valence-electron chi connectivity index (χ2n) is 8.96. The van der Waals surface area contributed by atoms with Gasteiger partial charge in [0.2, 0.25) is 0 Å². The van der Waals surface area contributed by atoms with Crippen LogP contribution in [0, 0.1) is 23.7 Å². The Morgan fingerprint density at radius 1 is 0.800 bits per heavy atom. The summed E-state index contributed by atoms with van der Waals surface area (Å²) >= 11 is 0. The summed E-state index contributed by atoms with van der Waals surface area (Å²) in [4.78, 5) is 1.78. The number of ether oxygens (including phenoxy) is 3. The fourth-order valence-electron chi connectivity index (χ4n) is 6.87. The van der Waals surface area contributed by atoms with Crippen molar-refractivity contribution in [3.63, 3.8) is 0 Å². The Labute approximate surface area is 152 Å². The van der Waals surface area contributed by atoms with E-state index in [0.29, 0.717) is 11.8 Å². The van der Waals surface area contributed by atoms with Gasteiger partial charge in [-0.3, -0.25) is 0 Å². The highest BCUT2D eigenvalue weighted by Crippen LogP contribution is 2.43. The molecule has 2 heterocycles. The molecule has 4 rings (SSSR count). The predicted molar refractivity (Wildman–Crippen MR) is 94.5 cm³/mol. The third-order valence-electron chi connectivity index (χ3n) is 8.11. The molecule has 5 nitrogen and oxygen atoms in total. The molecule has 0 aromatic heterocycles. The number of hydrogen-bond donors (Lipinski definition) is 2. The zero-order valence-corrected chi connectivity index (χ0v) is 16.0. The Hall–Kier alpha value is -0.200. The molecule has 4 fully saturated rings. The quantitative estimate of drug-likeness (QED) is 0.775. The van der Waals surface area contributed by atoms with Gasteiger partial charge in [-0.1, -0.05) is 0 Å². The molecule has 4 aliphatic rings. The average Bonchev–Trinajstić information content (AvgIpc) is 2.64. The molecule has 2 saturated carbocycles. The van der Waals surface area contributed by atoms with Gasteiger partial charge < -0.3 is 24.2 Å². The Morgan fingerprint density at radius 2 is 1.56 bits per heavy atom. The van der Waals surface area contributed by atoms with Crippen LogP contribution in [0.15, 0.2) is 0 Å². The summed E-state index contributed by atoms with van der Waals surface area (Å²) in [5.41, 5.74) is 0. The lowest BCUT2D eigenvalue weighted by molar-refractivity contribution is -0.948. The highest BCUT2D eigenvalue weighted by Gasteiger charge is 2.54. The number of piperidine rings is 2. The molecular formula is C20H36NO4+. The normalized spacial score (nSPS) is 52.8.